The topological polar surface area (TPSA) is 99.6 Å². The molecule has 0 rings (SSSR count). The van der Waals surface area contributed by atoms with Crippen LogP contribution in [0.1, 0.15) is 19.3 Å². The number of nitrogens with two attached hydrogens (primary N) is 2. The average Bonchev–Trinajstić information content (AvgIpc) is 2.53. The fraction of sp³-hybridized carbons (Fsp3) is 0.812. The first-order valence-corrected chi connectivity index (χ1v) is 8.46. The third-order valence-corrected chi connectivity index (χ3v) is 3.51. The van der Waals surface area contributed by atoms with E-state index in [0.29, 0.717) is 13.1 Å². The summed E-state index contributed by atoms with van der Waals surface area (Å²) in [5, 5.41) is 6.38. The Hall–Kier alpha value is -1.15. The van der Waals surface area contributed by atoms with Crippen molar-refractivity contribution in [2.24, 2.45) is 11.5 Å². The van der Waals surface area contributed by atoms with E-state index in [9.17, 15) is 4.79 Å². The molecule has 0 radical (unpaired) electrons. The molecule has 0 aromatic rings. The minimum absolute atomic E-state index is 0.0431. The Morgan fingerprint density at radius 2 is 1.57 bits per heavy atom. The van der Waals surface area contributed by atoms with Gasteiger partial charge in [0.25, 0.3) is 0 Å². The molecule has 23 heavy (non-hydrogen) atoms. The first kappa shape index (κ1) is 21.9. The molecule has 0 aromatic heterocycles. The predicted octanol–water partition coefficient (Wildman–Crippen LogP) is -0.843. The van der Waals surface area contributed by atoms with Crippen LogP contribution in [0, 0.1) is 0 Å². The maximum absolute atomic E-state index is 11.4. The van der Waals surface area contributed by atoms with Crippen LogP contribution in [0.15, 0.2) is 12.3 Å². The molecule has 0 aliphatic carbocycles. The van der Waals surface area contributed by atoms with Crippen LogP contribution in [0.25, 0.3) is 0 Å². The second-order valence-electron chi connectivity index (χ2n) is 5.90. The number of likely N-dealkylation sites (N-methyl/N-ethyl adjacent to an activating group) is 1. The lowest BCUT2D eigenvalue weighted by Crippen LogP contribution is -2.35. The van der Waals surface area contributed by atoms with Crippen molar-refractivity contribution in [3.05, 3.63) is 12.3 Å². The first-order valence-electron chi connectivity index (χ1n) is 8.46. The lowest BCUT2D eigenvalue weighted by molar-refractivity contribution is -0.127. The molecule has 6 N–H and O–H groups in total. The van der Waals surface area contributed by atoms with Crippen molar-refractivity contribution in [2.45, 2.75) is 19.3 Å². The Morgan fingerprint density at radius 1 is 1.00 bits per heavy atom. The molecule has 0 aromatic carbocycles. The molecule has 0 heterocycles. The molecule has 0 fully saturated rings. The fourth-order valence-electron chi connectivity index (χ4n) is 2.05. The van der Waals surface area contributed by atoms with Gasteiger partial charge in [0.15, 0.2) is 0 Å². The van der Waals surface area contributed by atoms with Gasteiger partial charge in [0.2, 0.25) is 5.91 Å². The van der Waals surface area contributed by atoms with Crippen molar-refractivity contribution in [1.29, 1.82) is 0 Å². The van der Waals surface area contributed by atoms with E-state index < -0.39 is 0 Å². The lowest BCUT2D eigenvalue weighted by atomic mass is 10.3. The van der Waals surface area contributed by atoms with E-state index in [0.717, 1.165) is 64.2 Å². The molecule has 136 valence electrons. The van der Waals surface area contributed by atoms with Crippen LogP contribution in [-0.4, -0.2) is 82.2 Å². The summed E-state index contributed by atoms with van der Waals surface area (Å²) in [6.07, 6.45) is 3.12. The smallest absolute Gasteiger partial charge is 0.241 e. The van der Waals surface area contributed by atoms with Gasteiger partial charge in [-0.1, -0.05) is 6.58 Å². The van der Waals surface area contributed by atoms with E-state index >= 15 is 0 Å². The summed E-state index contributed by atoms with van der Waals surface area (Å²) in [7, 11) is 3.48. The summed E-state index contributed by atoms with van der Waals surface area (Å²) in [6, 6.07) is 0. The van der Waals surface area contributed by atoms with Crippen molar-refractivity contribution >= 4 is 5.91 Å². The maximum atomic E-state index is 11.4. The van der Waals surface area contributed by atoms with Crippen LogP contribution in [-0.2, 0) is 4.79 Å². The van der Waals surface area contributed by atoms with Crippen LogP contribution >= 0.6 is 0 Å². The van der Waals surface area contributed by atoms with Crippen molar-refractivity contribution in [3.63, 3.8) is 0 Å². The zero-order chi connectivity index (χ0) is 17.5. The average molecular weight is 329 g/mol. The molecule has 7 heteroatoms. The second kappa shape index (κ2) is 14.4. The SMILES string of the molecule is C=C(CNCCCN(CCCN)CCCN)NCC(=O)N(C)C. The Morgan fingerprint density at radius 3 is 2.09 bits per heavy atom. The number of amides is 1. The fourth-order valence-corrected chi connectivity index (χ4v) is 2.05. The van der Waals surface area contributed by atoms with Gasteiger partial charge in [-0.15, -0.1) is 0 Å². The lowest BCUT2D eigenvalue weighted by Gasteiger charge is -2.22. The monoisotopic (exact) mass is 328 g/mol. The van der Waals surface area contributed by atoms with E-state index in [-0.39, 0.29) is 5.91 Å². The van der Waals surface area contributed by atoms with Crippen LogP contribution in [0.4, 0.5) is 0 Å². The molecule has 0 aliphatic rings. The Balaban J connectivity index is 3.71. The third kappa shape index (κ3) is 13.0. The summed E-state index contributed by atoms with van der Waals surface area (Å²) < 4.78 is 0. The van der Waals surface area contributed by atoms with Gasteiger partial charge in [0.1, 0.15) is 0 Å². The van der Waals surface area contributed by atoms with E-state index in [1.807, 2.05) is 0 Å². The highest BCUT2D eigenvalue weighted by Crippen LogP contribution is 1.95. The maximum Gasteiger partial charge on any atom is 0.241 e. The molecule has 0 saturated carbocycles. The van der Waals surface area contributed by atoms with Gasteiger partial charge >= 0.3 is 0 Å². The summed E-state index contributed by atoms with van der Waals surface area (Å²) in [4.78, 5) is 15.4. The van der Waals surface area contributed by atoms with Crippen molar-refractivity contribution < 1.29 is 4.79 Å². The van der Waals surface area contributed by atoms with Gasteiger partial charge in [-0.2, -0.15) is 0 Å². The standard InChI is InChI=1S/C16H36N6O/c1-15(20-14-16(23)21(2)3)13-19-9-6-12-22(10-4-7-17)11-5-8-18/h19-20H,1,4-14,17-18H2,2-3H3. The molecule has 7 nitrogen and oxygen atoms in total. The third-order valence-electron chi connectivity index (χ3n) is 3.51. The second-order valence-corrected chi connectivity index (χ2v) is 5.90. The largest absolute Gasteiger partial charge is 0.379 e. The van der Waals surface area contributed by atoms with Crippen molar-refractivity contribution in [2.75, 3.05) is 66.5 Å². The van der Waals surface area contributed by atoms with Crippen LogP contribution < -0.4 is 22.1 Å². The molecule has 0 atom stereocenters. The highest BCUT2D eigenvalue weighted by atomic mass is 16.2. The van der Waals surface area contributed by atoms with Crippen LogP contribution in [0.3, 0.4) is 0 Å². The van der Waals surface area contributed by atoms with Gasteiger partial charge in [-0.25, -0.2) is 0 Å². The minimum Gasteiger partial charge on any atom is -0.379 e. The van der Waals surface area contributed by atoms with E-state index in [4.69, 9.17) is 11.5 Å². The van der Waals surface area contributed by atoms with Gasteiger partial charge < -0.3 is 31.9 Å². The molecule has 0 saturated heterocycles. The zero-order valence-corrected chi connectivity index (χ0v) is 14.9. The van der Waals surface area contributed by atoms with Crippen molar-refractivity contribution in [1.82, 2.24) is 20.4 Å². The summed E-state index contributed by atoms with van der Waals surface area (Å²) in [5.74, 6) is 0.0431. The summed E-state index contributed by atoms with van der Waals surface area (Å²) in [6.45, 7) is 10.4. The van der Waals surface area contributed by atoms with Crippen LogP contribution in [0.2, 0.25) is 0 Å². The number of carbonyl (C=O) groups is 1. The number of carbonyl (C=O) groups excluding carboxylic acids is 1. The highest BCUT2D eigenvalue weighted by Gasteiger charge is 2.05. The quantitative estimate of drug-likeness (QED) is 0.293. The normalized spacial score (nSPS) is 10.8. The molecular formula is C16H36N6O. The molecule has 0 unspecified atom stereocenters. The van der Waals surface area contributed by atoms with E-state index in [1.165, 1.54) is 0 Å². The number of nitrogens with zero attached hydrogens (tertiary/aromatic N) is 2. The van der Waals surface area contributed by atoms with E-state index in [1.54, 1.807) is 19.0 Å². The van der Waals surface area contributed by atoms with Gasteiger partial charge in [0.05, 0.1) is 6.54 Å². The number of nitrogens with one attached hydrogen (secondary N) is 2. The molecule has 0 spiro atoms. The predicted molar refractivity (Wildman–Crippen MR) is 97.1 cm³/mol. The van der Waals surface area contributed by atoms with Crippen molar-refractivity contribution in [3.8, 4) is 0 Å². The number of hydrogen-bond donors (Lipinski definition) is 4. The highest BCUT2D eigenvalue weighted by molar-refractivity contribution is 5.77. The Kier molecular flexibility index (Phi) is 13.7. The number of hydrogen-bond acceptors (Lipinski definition) is 6. The Labute approximate surface area is 141 Å². The number of rotatable bonds is 15. The van der Waals surface area contributed by atoms with E-state index in [2.05, 4.69) is 22.1 Å². The zero-order valence-electron chi connectivity index (χ0n) is 14.9. The Bertz CT molecular complexity index is 314. The summed E-state index contributed by atoms with van der Waals surface area (Å²) >= 11 is 0. The molecule has 1 amide bonds. The van der Waals surface area contributed by atoms with Crippen LogP contribution in [0.5, 0.6) is 0 Å². The summed E-state index contributed by atoms with van der Waals surface area (Å²) in [5.41, 5.74) is 12.0. The van der Waals surface area contributed by atoms with Gasteiger partial charge in [-0.3, -0.25) is 4.79 Å². The minimum atomic E-state index is 0.0431. The van der Waals surface area contributed by atoms with Gasteiger partial charge in [-0.05, 0) is 58.5 Å². The van der Waals surface area contributed by atoms with Gasteiger partial charge in [0, 0.05) is 26.3 Å². The molecule has 0 aliphatic heterocycles. The first-order chi connectivity index (χ1) is 11.0. The molecule has 0 bridgehead atoms. The molecular weight excluding hydrogens is 292 g/mol.